The number of carbonyl (C=O) groups is 1. The van der Waals surface area contributed by atoms with Gasteiger partial charge < -0.3 is 9.64 Å². The predicted octanol–water partition coefficient (Wildman–Crippen LogP) is 3.59. The van der Waals surface area contributed by atoms with Crippen LogP contribution in [-0.4, -0.2) is 41.0 Å². The van der Waals surface area contributed by atoms with Gasteiger partial charge >= 0.3 is 0 Å². The molecule has 2 aliphatic rings. The first-order valence-electron chi connectivity index (χ1n) is 7.93. The van der Waals surface area contributed by atoms with E-state index in [4.69, 9.17) is 4.74 Å². The van der Waals surface area contributed by atoms with Gasteiger partial charge in [0.05, 0.1) is 6.61 Å². The lowest BCUT2D eigenvalue weighted by molar-refractivity contribution is 0.0747. The first-order valence-corrected chi connectivity index (χ1v) is 8.98. The maximum Gasteiger partial charge on any atom is 0.254 e. The van der Waals surface area contributed by atoms with Gasteiger partial charge in [-0.15, -0.1) is 0 Å². The first-order chi connectivity index (χ1) is 10.3. The SMILES string of the molecule is CCCCCOc1ccc(C(=O)N2CC3CC2CS3)cc1. The molecule has 3 rings (SSSR count). The van der Waals surface area contributed by atoms with E-state index in [2.05, 4.69) is 11.8 Å². The Morgan fingerprint density at radius 2 is 2.14 bits per heavy atom. The lowest BCUT2D eigenvalue weighted by Gasteiger charge is -2.26. The number of rotatable bonds is 6. The van der Waals surface area contributed by atoms with Crippen LogP contribution in [0.3, 0.4) is 0 Å². The van der Waals surface area contributed by atoms with Crippen LogP contribution in [0, 0.1) is 0 Å². The minimum atomic E-state index is 0.181. The molecule has 2 aliphatic heterocycles. The fourth-order valence-electron chi connectivity index (χ4n) is 3.05. The quantitative estimate of drug-likeness (QED) is 0.752. The molecule has 0 aromatic heterocycles. The molecule has 3 nitrogen and oxygen atoms in total. The minimum Gasteiger partial charge on any atom is -0.494 e. The van der Waals surface area contributed by atoms with Gasteiger partial charge in [-0.05, 0) is 37.1 Å². The van der Waals surface area contributed by atoms with Gasteiger partial charge in [0.2, 0.25) is 0 Å². The molecule has 1 amide bonds. The number of ether oxygens (including phenoxy) is 1. The van der Waals surface area contributed by atoms with Gasteiger partial charge in [-0.2, -0.15) is 11.8 Å². The molecule has 0 spiro atoms. The summed E-state index contributed by atoms with van der Waals surface area (Å²) in [5.41, 5.74) is 0.786. The van der Waals surface area contributed by atoms with Gasteiger partial charge in [-0.25, -0.2) is 0 Å². The van der Waals surface area contributed by atoms with Crippen molar-refractivity contribution < 1.29 is 9.53 Å². The monoisotopic (exact) mass is 305 g/mol. The molecule has 0 aliphatic carbocycles. The maximum absolute atomic E-state index is 12.5. The summed E-state index contributed by atoms with van der Waals surface area (Å²) in [6.45, 7) is 3.86. The zero-order valence-corrected chi connectivity index (χ0v) is 13.4. The van der Waals surface area contributed by atoms with Crippen molar-refractivity contribution in [2.75, 3.05) is 18.9 Å². The number of amides is 1. The molecule has 4 heteroatoms. The first kappa shape index (κ1) is 14.8. The zero-order valence-electron chi connectivity index (χ0n) is 12.6. The Bertz CT molecular complexity index is 488. The van der Waals surface area contributed by atoms with Crippen LogP contribution in [0.1, 0.15) is 43.0 Å². The van der Waals surface area contributed by atoms with E-state index >= 15 is 0 Å². The standard InChI is InChI=1S/C17H23NO2S/c1-2-3-4-9-20-15-7-5-13(6-8-15)17(19)18-11-16-10-14(18)12-21-16/h5-8,14,16H,2-4,9-12H2,1H3. The molecule has 2 bridgehead atoms. The van der Waals surface area contributed by atoms with Crippen molar-refractivity contribution >= 4 is 17.7 Å². The number of likely N-dealkylation sites (tertiary alicyclic amines) is 1. The van der Waals surface area contributed by atoms with Gasteiger partial charge in [-0.1, -0.05) is 19.8 Å². The van der Waals surface area contributed by atoms with Crippen LogP contribution in [0.25, 0.3) is 0 Å². The van der Waals surface area contributed by atoms with Crippen LogP contribution in [0.2, 0.25) is 0 Å². The molecule has 2 heterocycles. The van der Waals surface area contributed by atoms with Gasteiger partial charge in [0.1, 0.15) is 5.75 Å². The summed E-state index contributed by atoms with van der Waals surface area (Å²) in [5, 5.41) is 0.667. The van der Waals surface area contributed by atoms with Gasteiger partial charge in [0.25, 0.3) is 5.91 Å². The Hall–Kier alpha value is -1.16. The van der Waals surface area contributed by atoms with Crippen molar-refractivity contribution in [3.8, 4) is 5.75 Å². The van der Waals surface area contributed by atoms with E-state index in [-0.39, 0.29) is 5.91 Å². The average molecular weight is 305 g/mol. The molecule has 2 saturated heterocycles. The van der Waals surface area contributed by atoms with E-state index in [1.807, 2.05) is 36.0 Å². The fourth-order valence-corrected chi connectivity index (χ4v) is 4.48. The summed E-state index contributed by atoms with van der Waals surface area (Å²) in [4.78, 5) is 14.6. The molecule has 114 valence electrons. The second-order valence-electron chi connectivity index (χ2n) is 5.88. The van der Waals surface area contributed by atoms with E-state index in [9.17, 15) is 4.79 Å². The predicted molar refractivity (Wildman–Crippen MR) is 87.1 cm³/mol. The third-order valence-corrected chi connectivity index (χ3v) is 5.67. The summed E-state index contributed by atoms with van der Waals surface area (Å²) >= 11 is 2.01. The Balaban J connectivity index is 1.55. The highest BCUT2D eigenvalue weighted by molar-refractivity contribution is 8.00. The Morgan fingerprint density at radius 1 is 1.33 bits per heavy atom. The third kappa shape index (κ3) is 3.37. The average Bonchev–Trinajstić information content (AvgIpc) is 3.14. The number of thioether (sulfide) groups is 1. The molecule has 2 fully saturated rings. The molecule has 21 heavy (non-hydrogen) atoms. The smallest absolute Gasteiger partial charge is 0.254 e. The molecule has 2 atom stereocenters. The summed E-state index contributed by atoms with van der Waals surface area (Å²) in [6, 6.07) is 8.09. The summed E-state index contributed by atoms with van der Waals surface area (Å²) in [7, 11) is 0. The maximum atomic E-state index is 12.5. The molecule has 0 N–H and O–H groups in total. The molecular formula is C17H23NO2S. The third-order valence-electron chi connectivity index (χ3n) is 4.28. The molecule has 2 unspecified atom stereocenters. The normalized spacial score (nSPS) is 23.6. The summed E-state index contributed by atoms with van der Waals surface area (Å²) in [6.07, 6.45) is 4.67. The van der Waals surface area contributed by atoms with Crippen molar-refractivity contribution in [3.05, 3.63) is 29.8 Å². The number of nitrogens with zero attached hydrogens (tertiary/aromatic N) is 1. The zero-order chi connectivity index (χ0) is 14.7. The van der Waals surface area contributed by atoms with Crippen LogP contribution in [0.5, 0.6) is 5.75 Å². The van der Waals surface area contributed by atoms with Crippen LogP contribution in [0.15, 0.2) is 24.3 Å². The van der Waals surface area contributed by atoms with Crippen LogP contribution in [0.4, 0.5) is 0 Å². The second-order valence-corrected chi connectivity index (χ2v) is 7.22. The number of benzene rings is 1. The number of carbonyl (C=O) groups excluding carboxylic acids is 1. The molecule has 0 saturated carbocycles. The van der Waals surface area contributed by atoms with Crippen LogP contribution >= 0.6 is 11.8 Å². The Morgan fingerprint density at radius 3 is 2.76 bits per heavy atom. The van der Waals surface area contributed by atoms with Gasteiger partial charge in [0, 0.05) is 29.2 Å². The summed E-state index contributed by atoms with van der Waals surface area (Å²) in [5.74, 6) is 2.15. The number of hydrogen-bond donors (Lipinski definition) is 0. The highest BCUT2D eigenvalue weighted by atomic mass is 32.2. The van der Waals surface area contributed by atoms with Crippen molar-refractivity contribution in [2.45, 2.75) is 43.9 Å². The topological polar surface area (TPSA) is 29.5 Å². The van der Waals surface area contributed by atoms with E-state index in [0.717, 1.165) is 36.6 Å². The van der Waals surface area contributed by atoms with Crippen molar-refractivity contribution in [1.29, 1.82) is 0 Å². The number of hydrogen-bond acceptors (Lipinski definition) is 3. The van der Waals surface area contributed by atoms with E-state index in [1.54, 1.807) is 0 Å². The second kappa shape index (κ2) is 6.73. The molecule has 0 radical (unpaired) electrons. The minimum absolute atomic E-state index is 0.181. The van der Waals surface area contributed by atoms with Crippen LogP contribution < -0.4 is 4.74 Å². The largest absolute Gasteiger partial charge is 0.494 e. The van der Waals surface area contributed by atoms with Crippen molar-refractivity contribution in [2.24, 2.45) is 0 Å². The lowest BCUT2D eigenvalue weighted by atomic mass is 10.1. The highest BCUT2D eigenvalue weighted by Crippen LogP contribution is 2.38. The lowest BCUT2D eigenvalue weighted by Crippen LogP contribution is -2.39. The van der Waals surface area contributed by atoms with Gasteiger partial charge in [-0.3, -0.25) is 4.79 Å². The van der Waals surface area contributed by atoms with Crippen molar-refractivity contribution in [3.63, 3.8) is 0 Å². The van der Waals surface area contributed by atoms with Gasteiger partial charge in [0.15, 0.2) is 0 Å². The van der Waals surface area contributed by atoms with E-state index < -0.39 is 0 Å². The molecule has 1 aromatic carbocycles. The highest BCUT2D eigenvalue weighted by Gasteiger charge is 2.41. The Kier molecular flexibility index (Phi) is 4.73. The Labute approximate surface area is 131 Å². The number of unbranched alkanes of at least 4 members (excludes halogenated alkanes) is 2. The van der Waals surface area contributed by atoms with Crippen LogP contribution in [-0.2, 0) is 0 Å². The molecular weight excluding hydrogens is 282 g/mol. The van der Waals surface area contributed by atoms with E-state index in [1.165, 1.54) is 19.3 Å². The number of fused-ring (bicyclic) bond motifs is 2. The summed E-state index contributed by atoms with van der Waals surface area (Å²) < 4.78 is 5.69. The fraction of sp³-hybridized carbons (Fsp3) is 0.588. The van der Waals surface area contributed by atoms with E-state index in [0.29, 0.717) is 11.3 Å². The van der Waals surface area contributed by atoms with Crippen molar-refractivity contribution in [1.82, 2.24) is 4.90 Å². The molecule has 1 aromatic rings.